The fourth-order valence-corrected chi connectivity index (χ4v) is 2.35. The van der Waals surface area contributed by atoms with Crippen LogP contribution in [0.25, 0.3) is 11.0 Å². The Bertz CT molecular complexity index is 499. The van der Waals surface area contributed by atoms with Gasteiger partial charge in [0.05, 0.1) is 30.9 Å². The highest BCUT2D eigenvalue weighted by Crippen LogP contribution is 2.19. The quantitative estimate of drug-likeness (QED) is 0.618. The van der Waals surface area contributed by atoms with Crippen molar-refractivity contribution in [1.82, 2.24) is 9.97 Å². The molecule has 5 heteroatoms. The second-order valence-electron chi connectivity index (χ2n) is 4.02. The smallest absolute Gasteiger partial charge is 0.166 e. The Hall–Kier alpha value is -1.04. The summed E-state index contributed by atoms with van der Waals surface area (Å²) in [5.74, 6) is 0.891. The number of hydrogen-bond donors (Lipinski definition) is 1. The number of aromatic nitrogens is 2. The first-order chi connectivity index (χ1) is 8.79. The molecule has 2 rings (SSSR count). The van der Waals surface area contributed by atoms with Crippen LogP contribution in [0.1, 0.15) is 5.56 Å². The van der Waals surface area contributed by atoms with Crippen LogP contribution in [0.2, 0.25) is 0 Å². The molecule has 2 aromatic rings. The lowest BCUT2D eigenvalue weighted by atomic mass is 10.2. The minimum absolute atomic E-state index is 0.647. The fraction of sp³-hybridized carbons (Fsp3) is 0.462. The van der Waals surface area contributed by atoms with Crippen LogP contribution in [0, 0.1) is 6.92 Å². The molecule has 1 aromatic carbocycles. The number of nitrogens with zero attached hydrogens (tertiary/aromatic N) is 1. The van der Waals surface area contributed by atoms with Gasteiger partial charge in [0.25, 0.3) is 0 Å². The van der Waals surface area contributed by atoms with E-state index in [1.54, 1.807) is 18.9 Å². The van der Waals surface area contributed by atoms with Crippen LogP contribution in [-0.4, -0.2) is 42.7 Å². The molecule has 0 unspecified atom stereocenters. The summed E-state index contributed by atoms with van der Waals surface area (Å²) >= 11 is 1.68. The van der Waals surface area contributed by atoms with Gasteiger partial charge in [0, 0.05) is 12.9 Å². The van der Waals surface area contributed by atoms with E-state index < -0.39 is 0 Å². The number of rotatable bonds is 7. The zero-order valence-electron chi connectivity index (χ0n) is 10.7. The number of H-pyrrole nitrogens is 1. The zero-order valence-corrected chi connectivity index (χ0v) is 11.5. The maximum atomic E-state index is 5.40. The van der Waals surface area contributed by atoms with Crippen molar-refractivity contribution in [1.29, 1.82) is 0 Å². The van der Waals surface area contributed by atoms with Gasteiger partial charge in [-0.25, -0.2) is 4.98 Å². The topological polar surface area (TPSA) is 47.1 Å². The molecule has 0 fully saturated rings. The fourth-order valence-electron chi connectivity index (χ4n) is 1.61. The lowest BCUT2D eigenvalue weighted by molar-refractivity contribution is 0.0790. The van der Waals surface area contributed by atoms with Crippen molar-refractivity contribution in [2.24, 2.45) is 0 Å². The molecule has 0 bridgehead atoms. The first kappa shape index (κ1) is 13.4. The largest absolute Gasteiger partial charge is 0.382 e. The van der Waals surface area contributed by atoms with Gasteiger partial charge >= 0.3 is 0 Å². The SMILES string of the molecule is COCCOCCSc1nc2ccc(C)cc2[nH]1. The van der Waals surface area contributed by atoms with Crippen LogP contribution < -0.4 is 0 Å². The maximum Gasteiger partial charge on any atom is 0.166 e. The molecule has 0 aliphatic carbocycles. The number of aromatic amines is 1. The lowest BCUT2D eigenvalue weighted by Crippen LogP contribution is -2.04. The minimum atomic E-state index is 0.647. The summed E-state index contributed by atoms with van der Waals surface area (Å²) in [6, 6.07) is 6.23. The number of ether oxygens (including phenoxy) is 2. The highest BCUT2D eigenvalue weighted by molar-refractivity contribution is 7.99. The molecule has 4 nitrogen and oxygen atoms in total. The van der Waals surface area contributed by atoms with Crippen molar-refractivity contribution >= 4 is 22.8 Å². The summed E-state index contributed by atoms with van der Waals surface area (Å²) in [6.07, 6.45) is 0. The zero-order chi connectivity index (χ0) is 12.8. The Morgan fingerprint density at radius 1 is 1.28 bits per heavy atom. The molecule has 0 amide bonds. The molecule has 1 heterocycles. The van der Waals surface area contributed by atoms with Crippen molar-refractivity contribution in [3.05, 3.63) is 23.8 Å². The van der Waals surface area contributed by atoms with E-state index in [4.69, 9.17) is 9.47 Å². The summed E-state index contributed by atoms with van der Waals surface area (Å²) in [7, 11) is 1.68. The van der Waals surface area contributed by atoms with Gasteiger partial charge in [-0.05, 0) is 24.6 Å². The average Bonchev–Trinajstić information content (AvgIpc) is 2.75. The van der Waals surface area contributed by atoms with Crippen LogP contribution in [0.3, 0.4) is 0 Å². The third-order valence-electron chi connectivity index (χ3n) is 2.51. The maximum absolute atomic E-state index is 5.40. The Labute approximate surface area is 111 Å². The van der Waals surface area contributed by atoms with Gasteiger partial charge in [-0.1, -0.05) is 17.8 Å². The van der Waals surface area contributed by atoms with Gasteiger partial charge in [-0.3, -0.25) is 0 Å². The third-order valence-corrected chi connectivity index (χ3v) is 3.35. The number of imidazole rings is 1. The second-order valence-corrected chi connectivity index (χ2v) is 5.10. The van der Waals surface area contributed by atoms with Crippen LogP contribution in [0.4, 0.5) is 0 Å². The molecule has 0 saturated carbocycles. The van der Waals surface area contributed by atoms with E-state index in [0.717, 1.165) is 21.9 Å². The first-order valence-electron chi connectivity index (χ1n) is 5.95. The van der Waals surface area contributed by atoms with Gasteiger partial charge in [0.15, 0.2) is 5.16 Å². The third kappa shape index (κ3) is 3.73. The number of thioether (sulfide) groups is 1. The van der Waals surface area contributed by atoms with E-state index in [9.17, 15) is 0 Å². The standard InChI is InChI=1S/C13H18N2O2S/c1-10-3-4-11-12(9-10)15-13(14-11)18-8-7-17-6-5-16-2/h3-4,9H,5-8H2,1-2H3,(H,14,15). The molecule has 0 aliphatic heterocycles. The van der Waals surface area contributed by atoms with E-state index in [2.05, 4.69) is 29.0 Å². The Morgan fingerprint density at radius 3 is 3.00 bits per heavy atom. The molecule has 1 N–H and O–H groups in total. The van der Waals surface area contributed by atoms with Crippen molar-refractivity contribution < 1.29 is 9.47 Å². The number of nitrogens with one attached hydrogen (secondary N) is 1. The molecule has 0 aliphatic rings. The van der Waals surface area contributed by atoms with Crippen LogP contribution in [0.5, 0.6) is 0 Å². The summed E-state index contributed by atoms with van der Waals surface area (Å²) < 4.78 is 10.3. The van der Waals surface area contributed by atoms with Crippen LogP contribution in [0.15, 0.2) is 23.4 Å². The normalized spacial score (nSPS) is 11.2. The second kappa shape index (κ2) is 6.78. The van der Waals surface area contributed by atoms with E-state index in [-0.39, 0.29) is 0 Å². The molecule has 18 heavy (non-hydrogen) atoms. The van der Waals surface area contributed by atoms with E-state index in [1.165, 1.54) is 5.56 Å². The van der Waals surface area contributed by atoms with Gasteiger partial charge in [0.2, 0.25) is 0 Å². The Kier molecular flexibility index (Phi) is 5.04. The monoisotopic (exact) mass is 266 g/mol. The summed E-state index contributed by atoms with van der Waals surface area (Å²) in [5, 5.41) is 0.950. The highest BCUT2D eigenvalue weighted by atomic mass is 32.2. The molecule has 0 saturated heterocycles. The minimum Gasteiger partial charge on any atom is -0.382 e. The summed E-state index contributed by atoms with van der Waals surface area (Å²) in [4.78, 5) is 7.83. The number of aryl methyl sites for hydroxylation is 1. The lowest BCUT2D eigenvalue weighted by Gasteiger charge is -2.01. The van der Waals surface area contributed by atoms with Gasteiger partial charge < -0.3 is 14.5 Å². The predicted octanol–water partition coefficient (Wildman–Crippen LogP) is 2.63. The average molecular weight is 266 g/mol. The summed E-state index contributed by atoms with van der Waals surface area (Å²) in [6.45, 7) is 4.09. The number of methoxy groups -OCH3 is 1. The number of fused-ring (bicyclic) bond motifs is 1. The van der Waals surface area contributed by atoms with Crippen LogP contribution >= 0.6 is 11.8 Å². The van der Waals surface area contributed by atoms with Crippen molar-refractivity contribution in [3.8, 4) is 0 Å². The van der Waals surface area contributed by atoms with E-state index in [0.29, 0.717) is 19.8 Å². The molecular weight excluding hydrogens is 248 g/mol. The van der Waals surface area contributed by atoms with Crippen molar-refractivity contribution in [2.45, 2.75) is 12.1 Å². The van der Waals surface area contributed by atoms with Gasteiger partial charge in [-0.2, -0.15) is 0 Å². The van der Waals surface area contributed by atoms with E-state index in [1.807, 2.05) is 6.07 Å². The predicted molar refractivity (Wildman–Crippen MR) is 74.2 cm³/mol. The Morgan fingerprint density at radius 2 is 2.17 bits per heavy atom. The van der Waals surface area contributed by atoms with Gasteiger partial charge in [0.1, 0.15) is 0 Å². The molecular formula is C13H18N2O2S. The number of benzene rings is 1. The Balaban J connectivity index is 1.81. The van der Waals surface area contributed by atoms with Crippen LogP contribution in [-0.2, 0) is 9.47 Å². The molecule has 0 radical (unpaired) electrons. The van der Waals surface area contributed by atoms with E-state index >= 15 is 0 Å². The molecule has 1 aromatic heterocycles. The summed E-state index contributed by atoms with van der Waals surface area (Å²) in [5.41, 5.74) is 3.35. The molecule has 0 atom stereocenters. The van der Waals surface area contributed by atoms with Crippen molar-refractivity contribution in [2.75, 3.05) is 32.7 Å². The molecule has 98 valence electrons. The number of hydrogen-bond acceptors (Lipinski definition) is 4. The first-order valence-corrected chi connectivity index (χ1v) is 6.94. The molecule has 0 spiro atoms. The highest BCUT2D eigenvalue weighted by Gasteiger charge is 2.03. The van der Waals surface area contributed by atoms with Gasteiger partial charge in [-0.15, -0.1) is 0 Å². The van der Waals surface area contributed by atoms with Crippen molar-refractivity contribution in [3.63, 3.8) is 0 Å².